The summed E-state index contributed by atoms with van der Waals surface area (Å²) in [6.07, 6.45) is 2.47. The third-order valence-corrected chi connectivity index (χ3v) is 5.86. The number of aromatic nitrogens is 3. The van der Waals surface area contributed by atoms with E-state index in [1.54, 1.807) is 6.20 Å². The number of hydrogen-bond acceptors (Lipinski definition) is 7. The Bertz CT molecular complexity index is 1490. The van der Waals surface area contributed by atoms with Crippen LogP contribution in [0, 0.1) is 13.8 Å². The Morgan fingerprint density at radius 2 is 1.94 bits per heavy atom. The first-order chi connectivity index (χ1) is 17.1. The van der Waals surface area contributed by atoms with Gasteiger partial charge in [0.2, 0.25) is 0 Å². The van der Waals surface area contributed by atoms with Gasteiger partial charge in [-0.3, -0.25) is 0 Å². The smallest absolute Gasteiger partial charge is 0.417 e. The number of benzene rings is 1. The van der Waals surface area contributed by atoms with Crippen molar-refractivity contribution in [2.75, 3.05) is 5.73 Å². The molecule has 4 rings (SSSR count). The predicted molar refractivity (Wildman–Crippen MR) is 132 cm³/mol. The third-order valence-electron chi connectivity index (χ3n) is 5.86. The summed E-state index contributed by atoms with van der Waals surface area (Å²) < 4.78 is 45.8. The van der Waals surface area contributed by atoms with Crippen LogP contribution in [0.4, 0.5) is 19.0 Å². The zero-order valence-corrected chi connectivity index (χ0v) is 19.7. The molecule has 0 amide bonds. The lowest BCUT2D eigenvalue weighted by atomic mass is 9.96. The molecule has 11 heteroatoms. The average molecular weight is 498 g/mol. The Hall–Kier alpha value is -4.41. The van der Waals surface area contributed by atoms with E-state index in [1.165, 1.54) is 28.9 Å². The van der Waals surface area contributed by atoms with Crippen molar-refractivity contribution in [1.82, 2.24) is 19.7 Å². The molecule has 0 aliphatic rings. The normalized spacial score (nSPS) is 12.9. The highest BCUT2D eigenvalue weighted by Crippen LogP contribution is 2.30. The van der Waals surface area contributed by atoms with Gasteiger partial charge in [-0.15, -0.1) is 0 Å². The number of nitrogens with one attached hydrogen (secondary N) is 1. The number of pyridine rings is 2. The largest absolute Gasteiger partial charge is 0.486 e. The quantitative estimate of drug-likeness (QED) is 0.224. The van der Waals surface area contributed by atoms with Crippen molar-refractivity contribution in [1.29, 1.82) is 0 Å². The topological polar surface area (TPSA) is 130 Å². The van der Waals surface area contributed by atoms with Gasteiger partial charge in [0.05, 0.1) is 11.3 Å². The molecule has 7 N–H and O–H groups in total. The first-order valence-electron chi connectivity index (χ1n) is 11.0. The van der Waals surface area contributed by atoms with Crippen LogP contribution in [0.15, 0.2) is 66.7 Å². The number of ether oxygens (including phenoxy) is 1. The lowest BCUT2D eigenvalue weighted by molar-refractivity contribution is -0.137. The summed E-state index contributed by atoms with van der Waals surface area (Å²) in [5, 5.41) is 5.08. The highest BCUT2D eigenvalue weighted by atomic mass is 19.4. The molecular formula is C25H26F3N7O. The van der Waals surface area contributed by atoms with E-state index in [4.69, 9.17) is 21.9 Å². The number of halogens is 3. The van der Waals surface area contributed by atoms with Crippen LogP contribution in [0.25, 0.3) is 16.4 Å². The Labute approximate surface area is 205 Å². The number of allylic oxidation sites excluding steroid dienone is 1. The molecule has 8 nitrogen and oxygen atoms in total. The molecule has 36 heavy (non-hydrogen) atoms. The molecule has 0 fully saturated rings. The second-order valence-corrected chi connectivity index (χ2v) is 8.31. The first-order valence-corrected chi connectivity index (χ1v) is 11.0. The fraction of sp³-hybridized carbons (Fsp3) is 0.200. The van der Waals surface area contributed by atoms with E-state index in [0.717, 1.165) is 39.7 Å². The minimum atomic E-state index is -4.44. The van der Waals surface area contributed by atoms with Gasteiger partial charge >= 0.3 is 6.18 Å². The standard InChI is InChI=1S/C25H26F3N7O/c1-14-7-20-19(5-6-32-24(20)31)15(2)21(14)10-33-22(30)8-18(9-29)36-13-17-12-35-11-16(25(26,27)28)3-4-23(35)34-17/h3-9,11-12,33H,10,13,29-30H2,1-2H3,(H2,31,32)/b18-9+,22-8+. The number of imidazole rings is 1. The molecule has 0 atom stereocenters. The summed E-state index contributed by atoms with van der Waals surface area (Å²) in [6, 6.07) is 6.21. The third kappa shape index (κ3) is 5.14. The lowest BCUT2D eigenvalue weighted by Crippen LogP contribution is -2.21. The summed E-state index contributed by atoms with van der Waals surface area (Å²) in [5.41, 5.74) is 21.1. The van der Waals surface area contributed by atoms with E-state index < -0.39 is 11.7 Å². The minimum Gasteiger partial charge on any atom is -0.486 e. The maximum Gasteiger partial charge on any atom is 0.417 e. The van der Waals surface area contributed by atoms with Gasteiger partial charge in [-0.05, 0) is 60.2 Å². The predicted octanol–water partition coefficient (Wildman–Crippen LogP) is 4.01. The summed E-state index contributed by atoms with van der Waals surface area (Å²) in [4.78, 5) is 8.42. The zero-order chi connectivity index (χ0) is 26.0. The Morgan fingerprint density at radius 3 is 2.67 bits per heavy atom. The highest BCUT2D eigenvalue weighted by molar-refractivity contribution is 5.94. The number of anilines is 1. The Balaban J connectivity index is 1.43. The van der Waals surface area contributed by atoms with Gasteiger partial charge in [0.25, 0.3) is 0 Å². The average Bonchev–Trinajstić information content (AvgIpc) is 3.24. The van der Waals surface area contributed by atoms with Gasteiger partial charge in [-0.25, -0.2) is 9.97 Å². The van der Waals surface area contributed by atoms with E-state index in [-0.39, 0.29) is 12.4 Å². The lowest BCUT2D eigenvalue weighted by Gasteiger charge is -2.16. The van der Waals surface area contributed by atoms with Crippen molar-refractivity contribution >= 4 is 22.2 Å². The van der Waals surface area contributed by atoms with Crippen molar-refractivity contribution in [3.8, 4) is 0 Å². The van der Waals surface area contributed by atoms with Gasteiger partial charge in [0.15, 0.2) is 0 Å². The van der Waals surface area contributed by atoms with Crippen molar-refractivity contribution in [2.45, 2.75) is 33.2 Å². The molecule has 188 valence electrons. The highest BCUT2D eigenvalue weighted by Gasteiger charge is 2.30. The van der Waals surface area contributed by atoms with Crippen molar-refractivity contribution in [3.05, 3.63) is 94.7 Å². The molecule has 0 spiro atoms. The van der Waals surface area contributed by atoms with E-state index in [0.29, 0.717) is 29.5 Å². The number of fused-ring (bicyclic) bond motifs is 2. The molecule has 1 aromatic carbocycles. The summed E-state index contributed by atoms with van der Waals surface area (Å²) >= 11 is 0. The van der Waals surface area contributed by atoms with Crippen LogP contribution in [0.1, 0.15) is 27.9 Å². The molecule has 3 aromatic heterocycles. The molecule has 0 aliphatic carbocycles. The second-order valence-electron chi connectivity index (χ2n) is 8.31. The first kappa shape index (κ1) is 24.7. The molecule has 0 radical (unpaired) electrons. The summed E-state index contributed by atoms with van der Waals surface area (Å²) in [6.45, 7) is 4.47. The minimum absolute atomic E-state index is 0.00576. The number of nitrogens with two attached hydrogens (primary N) is 3. The van der Waals surface area contributed by atoms with Crippen LogP contribution in [0.5, 0.6) is 0 Å². The SMILES string of the molecule is Cc1cc2c(N)nccc2c(C)c1CN/C(N)=C/C(=C\N)OCc1cn2cc(C(F)(F)F)ccc2n1. The fourth-order valence-electron chi connectivity index (χ4n) is 3.97. The Morgan fingerprint density at radius 1 is 1.17 bits per heavy atom. The van der Waals surface area contributed by atoms with Crippen molar-refractivity contribution < 1.29 is 17.9 Å². The van der Waals surface area contributed by atoms with E-state index in [1.807, 2.05) is 26.0 Å². The molecule has 3 heterocycles. The molecule has 0 saturated carbocycles. The maximum atomic E-state index is 12.9. The summed E-state index contributed by atoms with van der Waals surface area (Å²) in [5.74, 6) is 1.09. The van der Waals surface area contributed by atoms with E-state index in [2.05, 4.69) is 15.3 Å². The van der Waals surface area contributed by atoms with Crippen LogP contribution < -0.4 is 22.5 Å². The number of aryl methyl sites for hydroxylation is 2. The molecule has 4 aromatic rings. The number of nitrogens with zero attached hydrogens (tertiary/aromatic N) is 3. The molecule has 0 unspecified atom stereocenters. The van der Waals surface area contributed by atoms with E-state index >= 15 is 0 Å². The van der Waals surface area contributed by atoms with Crippen LogP contribution in [-0.4, -0.2) is 14.4 Å². The molecule has 0 saturated heterocycles. The van der Waals surface area contributed by atoms with Gasteiger partial charge in [0.1, 0.15) is 29.7 Å². The molecule has 0 bridgehead atoms. The zero-order valence-electron chi connectivity index (χ0n) is 19.7. The number of rotatable bonds is 7. The number of alkyl halides is 3. The van der Waals surface area contributed by atoms with Crippen molar-refractivity contribution in [3.63, 3.8) is 0 Å². The van der Waals surface area contributed by atoms with Crippen LogP contribution >= 0.6 is 0 Å². The molecular weight excluding hydrogens is 471 g/mol. The van der Waals surface area contributed by atoms with E-state index in [9.17, 15) is 13.2 Å². The number of nitrogen functional groups attached to an aromatic ring is 1. The number of hydrogen-bond donors (Lipinski definition) is 4. The molecule has 0 aliphatic heterocycles. The van der Waals surface area contributed by atoms with Crippen LogP contribution in [0.2, 0.25) is 0 Å². The van der Waals surface area contributed by atoms with Gasteiger partial charge < -0.3 is 31.7 Å². The maximum absolute atomic E-state index is 12.9. The van der Waals surface area contributed by atoms with Crippen LogP contribution in [-0.2, 0) is 24.1 Å². The van der Waals surface area contributed by atoms with Gasteiger partial charge in [0, 0.05) is 42.8 Å². The summed E-state index contributed by atoms with van der Waals surface area (Å²) in [7, 11) is 0. The second kappa shape index (κ2) is 9.68. The van der Waals surface area contributed by atoms with Gasteiger partial charge in [-0.1, -0.05) is 0 Å². The van der Waals surface area contributed by atoms with Gasteiger partial charge in [-0.2, -0.15) is 13.2 Å². The fourth-order valence-corrected chi connectivity index (χ4v) is 3.97. The van der Waals surface area contributed by atoms with Crippen LogP contribution in [0.3, 0.4) is 0 Å². The van der Waals surface area contributed by atoms with Crippen molar-refractivity contribution in [2.24, 2.45) is 11.5 Å². The monoisotopic (exact) mass is 497 g/mol. The Kier molecular flexibility index (Phi) is 6.65.